The number of nitrogens with one attached hydrogen (secondary N) is 1. The molecule has 1 aliphatic rings. The van der Waals surface area contributed by atoms with Crippen molar-refractivity contribution < 1.29 is 14.7 Å². The van der Waals surface area contributed by atoms with Gasteiger partial charge < -0.3 is 10.4 Å². The number of carbonyl (C=O) groups is 2. The van der Waals surface area contributed by atoms with Gasteiger partial charge in [-0.15, -0.1) is 0 Å². The Balaban J connectivity index is 1.99. The number of hydrogen-bond donors (Lipinski definition) is 2. The summed E-state index contributed by atoms with van der Waals surface area (Å²) in [5.74, 6) is -2.01. The maximum absolute atomic E-state index is 12.2. The predicted octanol–water partition coefficient (Wildman–Crippen LogP) is 2.89. The van der Waals surface area contributed by atoms with Crippen LogP contribution in [0.15, 0.2) is 24.3 Å². The van der Waals surface area contributed by atoms with E-state index >= 15 is 0 Å². The minimum atomic E-state index is -0.884. The highest BCUT2D eigenvalue weighted by atomic mass is 35.5. The molecule has 0 saturated heterocycles. The number of aliphatic carboxylic acids is 1. The molecule has 1 aromatic rings. The molecule has 0 bridgehead atoms. The SMILES string of the molecule is CC(C)(Cc1ccccc1Cl)NC(=O)C1CCC1C(=O)O. The van der Waals surface area contributed by atoms with Crippen molar-refractivity contribution in [1.82, 2.24) is 5.32 Å². The zero-order valence-electron chi connectivity index (χ0n) is 12.2. The van der Waals surface area contributed by atoms with Gasteiger partial charge in [0.1, 0.15) is 0 Å². The van der Waals surface area contributed by atoms with Crippen LogP contribution in [0.25, 0.3) is 0 Å². The molecule has 1 saturated carbocycles. The molecule has 1 aliphatic carbocycles. The molecule has 0 heterocycles. The summed E-state index contributed by atoms with van der Waals surface area (Å²) in [6.07, 6.45) is 1.83. The van der Waals surface area contributed by atoms with E-state index in [0.717, 1.165) is 5.56 Å². The molecule has 0 aromatic heterocycles. The molecule has 2 rings (SSSR count). The van der Waals surface area contributed by atoms with Crippen LogP contribution >= 0.6 is 11.6 Å². The van der Waals surface area contributed by atoms with Crippen LogP contribution in [-0.2, 0) is 16.0 Å². The third-order valence-corrected chi connectivity index (χ3v) is 4.35. The molecule has 0 spiro atoms. The third-order valence-electron chi connectivity index (χ3n) is 3.98. The van der Waals surface area contributed by atoms with Gasteiger partial charge in [0.15, 0.2) is 0 Å². The third kappa shape index (κ3) is 3.76. The van der Waals surface area contributed by atoms with Crippen LogP contribution in [-0.4, -0.2) is 22.5 Å². The maximum Gasteiger partial charge on any atom is 0.307 e. The number of benzene rings is 1. The second kappa shape index (κ2) is 6.06. The number of carboxylic acid groups (broad SMARTS) is 1. The normalized spacial score (nSPS) is 21.5. The van der Waals surface area contributed by atoms with Gasteiger partial charge in [-0.1, -0.05) is 29.8 Å². The molecule has 114 valence electrons. The topological polar surface area (TPSA) is 66.4 Å². The van der Waals surface area contributed by atoms with Gasteiger partial charge in [-0.3, -0.25) is 9.59 Å². The zero-order chi connectivity index (χ0) is 15.6. The lowest BCUT2D eigenvalue weighted by Gasteiger charge is -2.36. The minimum Gasteiger partial charge on any atom is -0.481 e. The Labute approximate surface area is 129 Å². The largest absolute Gasteiger partial charge is 0.481 e. The molecule has 21 heavy (non-hydrogen) atoms. The molecule has 2 N–H and O–H groups in total. The van der Waals surface area contributed by atoms with Gasteiger partial charge in [0.2, 0.25) is 5.91 Å². The number of hydrogen-bond acceptors (Lipinski definition) is 2. The Morgan fingerprint density at radius 3 is 2.43 bits per heavy atom. The Morgan fingerprint density at radius 2 is 1.90 bits per heavy atom. The van der Waals surface area contributed by atoms with Crippen LogP contribution in [0.2, 0.25) is 5.02 Å². The number of rotatable bonds is 5. The standard InChI is InChI=1S/C16H20ClNO3/c1-16(2,9-10-5-3-4-6-13(10)17)18-14(19)11-7-8-12(11)15(20)21/h3-6,11-12H,7-9H2,1-2H3,(H,18,19)(H,20,21). The van der Waals surface area contributed by atoms with E-state index in [0.29, 0.717) is 24.3 Å². The predicted molar refractivity (Wildman–Crippen MR) is 81.2 cm³/mol. The fraction of sp³-hybridized carbons (Fsp3) is 0.500. The van der Waals surface area contributed by atoms with Gasteiger partial charge in [-0.25, -0.2) is 0 Å². The smallest absolute Gasteiger partial charge is 0.307 e. The fourth-order valence-electron chi connectivity index (χ4n) is 2.70. The van der Waals surface area contributed by atoms with Crippen LogP contribution in [0.4, 0.5) is 0 Å². The fourth-order valence-corrected chi connectivity index (χ4v) is 2.90. The van der Waals surface area contributed by atoms with Crippen molar-refractivity contribution in [2.24, 2.45) is 11.8 Å². The first-order valence-corrected chi connectivity index (χ1v) is 7.46. The number of carbonyl (C=O) groups excluding carboxylic acids is 1. The molecule has 0 aliphatic heterocycles. The van der Waals surface area contributed by atoms with E-state index in [1.54, 1.807) is 0 Å². The summed E-state index contributed by atoms with van der Waals surface area (Å²) in [5, 5.41) is 12.7. The molecule has 0 radical (unpaired) electrons. The molecule has 1 fully saturated rings. The Morgan fingerprint density at radius 1 is 1.29 bits per heavy atom. The van der Waals surface area contributed by atoms with E-state index in [4.69, 9.17) is 16.7 Å². The lowest BCUT2D eigenvalue weighted by atomic mass is 9.73. The van der Waals surface area contributed by atoms with Gasteiger partial charge in [-0.2, -0.15) is 0 Å². The van der Waals surface area contributed by atoms with Gasteiger partial charge >= 0.3 is 5.97 Å². The van der Waals surface area contributed by atoms with Gasteiger partial charge in [0.05, 0.1) is 11.8 Å². The first kappa shape index (κ1) is 15.8. The summed E-state index contributed by atoms with van der Waals surface area (Å²) in [5.41, 5.74) is 0.494. The van der Waals surface area contributed by atoms with E-state index in [9.17, 15) is 9.59 Å². The van der Waals surface area contributed by atoms with Crippen LogP contribution < -0.4 is 5.32 Å². The van der Waals surface area contributed by atoms with Crippen LogP contribution in [0, 0.1) is 11.8 Å². The van der Waals surface area contributed by atoms with Crippen molar-refractivity contribution in [3.63, 3.8) is 0 Å². The Kier molecular flexibility index (Phi) is 4.57. The average molecular weight is 310 g/mol. The van der Waals surface area contributed by atoms with Gasteiger partial charge in [0, 0.05) is 10.6 Å². The molecule has 1 amide bonds. The van der Waals surface area contributed by atoms with Crippen LogP contribution in [0.3, 0.4) is 0 Å². The minimum absolute atomic E-state index is 0.175. The zero-order valence-corrected chi connectivity index (χ0v) is 13.0. The van der Waals surface area contributed by atoms with Gasteiger partial charge in [-0.05, 0) is 44.7 Å². The van der Waals surface area contributed by atoms with Crippen molar-refractivity contribution in [3.05, 3.63) is 34.9 Å². The molecule has 2 unspecified atom stereocenters. The van der Waals surface area contributed by atoms with E-state index in [2.05, 4.69) is 5.32 Å². The summed E-state index contributed by atoms with van der Waals surface area (Å²) < 4.78 is 0. The van der Waals surface area contributed by atoms with Crippen molar-refractivity contribution >= 4 is 23.5 Å². The van der Waals surface area contributed by atoms with Gasteiger partial charge in [0.25, 0.3) is 0 Å². The highest BCUT2D eigenvalue weighted by molar-refractivity contribution is 6.31. The lowest BCUT2D eigenvalue weighted by molar-refractivity contribution is -0.153. The number of carboxylic acids is 1. The van der Waals surface area contributed by atoms with Crippen molar-refractivity contribution in [3.8, 4) is 0 Å². The number of amides is 1. The monoisotopic (exact) mass is 309 g/mol. The lowest BCUT2D eigenvalue weighted by Crippen LogP contribution is -2.52. The average Bonchev–Trinajstić information content (AvgIpc) is 2.28. The van der Waals surface area contributed by atoms with Crippen molar-refractivity contribution in [1.29, 1.82) is 0 Å². The highest BCUT2D eigenvalue weighted by Crippen LogP contribution is 2.35. The highest BCUT2D eigenvalue weighted by Gasteiger charge is 2.42. The Hall–Kier alpha value is -1.55. The summed E-state index contributed by atoms with van der Waals surface area (Å²) in [7, 11) is 0. The van der Waals surface area contributed by atoms with E-state index in [1.165, 1.54) is 0 Å². The van der Waals surface area contributed by atoms with E-state index in [1.807, 2.05) is 38.1 Å². The summed E-state index contributed by atoms with van der Waals surface area (Å²) >= 11 is 6.14. The van der Waals surface area contributed by atoms with Crippen molar-refractivity contribution in [2.45, 2.75) is 38.6 Å². The first-order valence-electron chi connectivity index (χ1n) is 7.08. The van der Waals surface area contributed by atoms with Crippen LogP contribution in [0.1, 0.15) is 32.3 Å². The first-order chi connectivity index (χ1) is 9.80. The van der Waals surface area contributed by atoms with Crippen molar-refractivity contribution in [2.75, 3.05) is 0 Å². The Bertz CT molecular complexity index is 556. The quantitative estimate of drug-likeness (QED) is 0.879. The second-order valence-corrected chi connectivity index (χ2v) is 6.68. The summed E-state index contributed by atoms with van der Waals surface area (Å²) in [4.78, 5) is 23.2. The molecule has 5 heteroatoms. The molecule has 1 aromatic carbocycles. The van der Waals surface area contributed by atoms with E-state index < -0.39 is 23.3 Å². The molecule has 2 atom stereocenters. The maximum atomic E-state index is 12.2. The summed E-state index contributed by atoms with van der Waals surface area (Å²) in [6.45, 7) is 3.84. The number of halogens is 1. The molecular weight excluding hydrogens is 290 g/mol. The van der Waals surface area contributed by atoms with E-state index in [-0.39, 0.29) is 5.91 Å². The second-order valence-electron chi connectivity index (χ2n) is 6.27. The van der Waals surface area contributed by atoms with Crippen LogP contribution in [0.5, 0.6) is 0 Å². The summed E-state index contributed by atoms with van der Waals surface area (Å²) in [6, 6.07) is 7.52. The molecule has 4 nitrogen and oxygen atoms in total. The molecular formula is C16H20ClNO3.